The minimum absolute atomic E-state index is 0.0163. The monoisotopic (exact) mass is 287 g/mol. The molecule has 1 amide bonds. The third-order valence-corrected chi connectivity index (χ3v) is 3.96. The highest BCUT2D eigenvalue weighted by atomic mass is 19.1. The molecule has 0 aliphatic heterocycles. The van der Waals surface area contributed by atoms with Crippen molar-refractivity contribution in [2.24, 2.45) is 13.0 Å². The summed E-state index contributed by atoms with van der Waals surface area (Å²) in [7, 11) is 1.87. The average Bonchev–Trinajstić information content (AvgIpc) is 3.15. The van der Waals surface area contributed by atoms with E-state index in [2.05, 4.69) is 5.10 Å². The number of anilines is 1. The fourth-order valence-corrected chi connectivity index (χ4v) is 2.78. The van der Waals surface area contributed by atoms with Crippen LogP contribution in [0.4, 0.5) is 10.1 Å². The third kappa shape index (κ3) is 2.68. The van der Waals surface area contributed by atoms with Gasteiger partial charge in [-0.3, -0.25) is 9.48 Å². The molecule has 1 aliphatic carbocycles. The molecular formula is C16H18FN3O. The van der Waals surface area contributed by atoms with Gasteiger partial charge in [-0.25, -0.2) is 4.39 Å². The molecule has 1 aliphatic rings. The van der Waals surface area contributed by atoms with Crippen LogP contribution in [0.25, 0.3) is 0 Å². The Morgan fingerprint density at radius 3 is 2.95 bits per heavy atom. The van der Waals surface area contributed by atoms with Crippen molar-refractivity contribution >= 4 is 11.6 Å². The zero-order valence-corrected chi connectivity index (χ0v) is 12.2. The molecule has 21 heavy (non-hydrogen) atoms. The molecule has 0 N–H and O–H groups in total. The number of halogens is 1. The van der Waals surface area contributed by atoms with Gasteiger partial charge < -0.3 is 4.90 Å². The van der Waals surface area contributed by atoms with Crippen LogP contribution in [0.5, 0.6) is 0 Å². The number of amides is 1. The topological polar surface area (TPSA) is 38.1 Å². The largest absolute Gasteiger partial charge is 0.312 e. The summed E-state index contributed by atoms with van der Waals surface area (Å²) in [5.41, 5.74) is 1.73. The Morgan fingerprint density at radius 1 is 1.52 bits per heavy atom. The van der Waals surface area contributed by atoms with Crippen molar-refractivity contribution in [2.75, 3.05) is 11.4 Å². The molecule has 0 unspecified atom stereocenters. The first-order valence-corrected chi connectivity index (χ1v) is 7.15. The Hall–Kier alpha value is -2.17. The summed E-state index contributed by atoms with van der Waals surface area (Å²) in [4.78, 5) is 14.3. The Morgan fingerprint density at radius 2 is 2.33 bits per heavy atom. The maximum atomic E-state index is 13.3. The molecule has 2 atom stereocenters. The summed E-state index contributed by atoms with van der Waals surface area (Å²) in [6.45, 7) is 2.45. The predicted molar refractivity (Wildman–Crippen MR) is 78.5 cm³/mol. The minimum atomic E-state index is -0.321. The summed E-state index contributed by atoms with van der Waals surface area (Å²) < 4.78 is 15.1. The molecule has 110 valence electrons. The quantitative estimate of drug-likeness (QED) is 0.867. The van der Waals surface area contributed by atoms with E-state index >= 15 is 0 Å². The number of aryl methyl sites for hydroxylation is 1. The lowest BCUT2D eigenvalue weighted by Crippen LogP contribution is -2.32. The number of carbonyl (C=O) groups excluding carboxylic acids is 1. The number of nitrogens with zero attached hydrogens (tertiary/aromatic N) is 3. The summed E-state index contributed by atoms with van der Waals surface area (Å²) >= 11 is 0. The lowest BCUT2D eigenvalue weighted by Gasteiger charge is -2.21. The Kier molecular flexibility index (Phi) is 3.49. The van der Waals surface area contributed by atoms with Crippen LogP contribution in [0.1, 0.15) is 24.8 Å². The van der Waals surface area contributed by atoms with Crippen LogP contribution < -0.4 is 4.90 Å². The predicted octanol–water partition coefficient (Wildman–Crippen LogP) is 2.72. The summed E-state index contributed by atoms with van der Waals surface area (Å²) in [5.74, 6) is -0.0264. The van der Waals surface area contributed by atoms with E-state index in [0.29, 0.717) is 12.2 Å². The van der Waals surface area contributed by atoms with Gasteiger partial charge in [-0.05, 0) is 43.0 Å². The Balaban J connectivity index is 1.75. The molecule has 5 heteroatoms. The van der Waals surface area contributed by atoms with Crippen LogP contribution in [0.3, 0.4) is 0 Å². The van der Waals surface area contributed by atoms with Gasteiger partial charge >= 0.3 is 0 Å². The smallest absolute Gasteiger partial charge is 0.230 e. The lowest BCUT2D eigenvalue weighted by molar-refractivity contribution is -0.119. The van der Waals surface area contributed by atoms with Crippen LogP contribution in [-0.2, 0) is 11.8 Å². The van der Waals surface area contributed by atoms with Crippen molar-refractivity contribution in [3.63, 3.8) is 0 Å². The summed E-state index contributed by atoms with van der Waals surface area (Å²) in [6, 6.07) is 6.19. The molecule has 2 aromatic rings. The fourth-order valence-electron chi connectivity index (χ4n) is 2.78. The molecule has 0 saturated heterocycles. The summed E-state index contributed by atoms with van der Waals surface area (Å²) in [6.07, 6.45) is 4.61. The zero-order valence-electron chi connectivity index (χ0n) is 12.2. The lowest BCUT2D eigenvalue weighted by atomic mass is 10.1. The first-order valence-electron chi connectivity index (χ1n) is 7.15. The molecule has 1 fully saturated rings. The van der Waals surface area contributed by atoms with Crippen molar-refractivity contribution in [1.82, 2.24) is 9.78 Å². The van der Waals surface area contributed by atoms with E-state index in [1.54, 1.807) is 21.7 Å². The maximum Gasteiger partial charge on any atom is 0.230 e. The zero-order chi connectivity index (χ0) is 15.0. The highest BCUT2D eigenvalue weighted by molar-refractivity contribution is 5.97. The molecule has 0 spiro atoms. The van der Waals surface area contributed by atoms with Crippen LogP contribution in [-0.4, -0.2) is 22.2 Å². The highest BCUT2D eigenvalue weighted by Crippen LogP contribution is 2.48. The fraction of sp³-hybridized carbons (Fsp3) is 0.375. The van der Waals surface area contributed by atoms with Crippen LogP contribution in [0.15, 0.2) is 36.7 Å². The highest BCUT2D eigenvalue weighted by Gasteiger charge is 2.46. The van der Waals surface area contributed by atoms with Crippen LogP contribution in [0, 0.1) is 11.7 Å². The van der Waals surface area contributed by atoms with Crippen LogP contribution >= 0.6 is 0 Å². The normalized spacial score (nSPS) is 20.3. The number of hydrogen-bond acceptors (Lipinski definition) is 2. The van der Waals surface area contributed by atoms with Gasteiger partial charge in [-0.15, -0.1) is 0 Å². The second-order valence-electron chi connectivity index (χ2n) is 5.46. The number of rotatable bonds is 4. The first-order chi connectivity index (χ1) is 10.1. The van der Waals surface area contributed by atoms with Gasteiger partial charge in [-0.2, -0.15) is 5.10 Å². The molecule has 1 heterocycles. The second kappa shape index (κ2) is 5.31. The van der Waals surface area contributed by atoms with E-state index in [1.165, 1.54) is 12.1 Å². The molecular weight excluding hydrogens is 269 g/mol. The van der Waals surface area contributed by atoms with Gasteiger partial charge in [0.15, 0.2) is 0 Å². The molecule has 0 radical (unpaired) electrons. The molecule has 1 saturated carbocycles. The summed E-state index contributed by atoms with van der Waals surface area (Å²) in [5, 5.41) is 4.15. The van der Waals surface area contributed by atoms with Crippen molar-refractivity contribution in [3.05, 3.63) is 48.0 Å². The number of benzene rings is 1. The molecule has 3 rings (SSSR count). The number of carbonyl (C=O) groups is 1. The Bertz CT molecular complexity index is 667. The number of aromatic nitrogens is 2. The molecule has 4 nitrogen and oxygen atoms in total. The van der Waals surface area contributed by atoms with E-state index in [4.69, 9.17) is 0 Å². The minimum Gasteiger partial charge on any atom is -0.312 e. The van der Waals surface area contributed by atoms with Crippen molar-refractivity contribution in [3.8, 4) is 0 Å². The Labute approximate surface area is 123 Å². The number of hydrogen-bond donors (Lipinski definition) is 0. The molecule has 1 aromatic carbocycles. The van der Waals surface area contributed by atoms with Gasteiger partial charge in [0.05, 0.1) is 6.20 Å². The first kappa shape index (κ1) is 13.8. The van der Waals surface area contributed by atoms with E-state index in [-0.39, 0.29) is 23.6 Å². The van der Waals surface area contributed by atoms with Gasteiger partial charge in [-0.1, -0.05) is 6.07 Å². The third-order valence-electron chi connectivity index (χ3n) is 3.96. The van der Waals surface area contributed by atoms with Gasteiger partial charge in [0.2, 0.25) is 5.91 Å². The van der Waals surface area contributed by atoms with E-state index in [0.717, 1.165) is 12.0 Å². The molecule has 1 aromatic heterocycles. The van der Waals surface area contributed by atoms with E-state index in [9.17, 15) is 9.18 Å². The average molecular weight is 287 g/mol. The van der Waals surface area contributed by atoms with Gasteiger partial charge in [0.1, 0.15) is 5.82 Å². The van der Waals surface area contributed by atoms with Crippen molar-refractivity contribution in [2.45, 2.75) is 19.3 Å². The molecule has 0 bridgehead atoms. The SMILES string of the molecule is CCN(C(=O)[C@H]1C[C@H]1c1cnn(C)c1)c1cccc(F)c1. The standard InChI is InChI=1S/C16H18FN3O/c1-3-20(13-6-4-5-12(17)7-13)16(21)15-8-14(15)11-9-18-19(2)10-11/h4-7,9-10,14-15H,3,8H2,1-2H3/t14-,15-/m0/s1. The van der Waals surface area contributed by atoms with Gasteiger partial charge in [0, 0.05) is 31.4 Å². The van der Waals surface area contributed by atoms with E-state index < -0.39 is 0 Å². The van der Waals surface area contributed by atoms with Crippen molar-refractivity contribution in [1.29, 1.82) is 0 Å². The van der Waals surface area contributed by atoms with Crippen LogP contribution in [0.2, 0.25) is 0 Å². The maximum absolute atomic E-state index is 13.3. The van der Waals surface area contributed by atoms with Crippen molar-refractivity contribution < 1.29 is 9.18 Å². The van der Waals surface area contributed by atoms with E-state index in [1.807, 2.05) is 26.4 Å². The van der Waals surface area contributed by atoms with Gasteiger partial charge in [0.25, 0.3) is 0 Å². The second-order valence-corrected chi connectivity index (χ2v) is 5.46.